The lowest BCUT2D eigenvalue weighted by Crippen LogP contribution is -2.36. The molecule has 0 aromatic heterocycles. The third kappa shape index (κ3) is 6.37. The highest BCUT2D eigenvalue weighted by Crippen LogP contribution is 2.39. The highest BCUT2D eigenvalue weighted by atomic mass is 35.5. The number of thioether (sulfide) groups is 1. The van der Waals surface area contributed by atoms with Crippen molar-refractivity contribution >= 4 is 63.8 Å². The fourth-order valence-electron chi connectivity index (χ4n) is 3.16. The summed E-state index contributed by atoms with van der Waals surface area (Å²) in [5.74, 6) is -3.05. The summed E-state index contributed by atoms with van der Waals surface area (Å²) in [4.78, 5) is 60.9. The van der Waals surface area contributed by atoms with Crippen molar-refractivity contribution in [3.8, 4) is 11.5 Å². The minimum atomic E-state index is -0.822. The second-order valence-corrected chi connectivity index (χ2v) is 8.89. The van der Waals surface area contributed by atoms with Gasteiger partial charge in [-0.15, -0.1) is 0 Å². The Morgan fingerprint density at radius 2 is 2.00 bits per heavy atom. The number of rotatable bonds is 9. The molecule has 1 aliphatic rings. The Morgan fingerprint density at radius 1 is 1.27 bits per heavy atom. The number of halogens is 1. The Labute approximate surface area is 219 Å². The van der Waals surface area contributed by atoms with Gasteiger partial charge in [0.1, 0.15) is 6.54 Å². The zero-order valence-electron chi connectivity index (χ0n) is 19.5. The van der Waals surface area contributed by atoms with Crippen LogP contribution >= 0.6 is 23.4 Å². The number of carbonyl (C=O) groups excluding carboxylic acids is 4. The average Bonchev–Trinajstić information content (AvgIpc) is 3.11. The van der Waals surface area contributed by atoms with E-state index < -0.39 is 45.9 Å². The number of nitrogens with one attached hydrogen (secondary N) is 1. The van der Waals surface area contributed by atoms with Gasteiger partial charge in [0, 0.05) is 11.8 Å². The van der Waals surface area contributed by atoms with Crippen LogP contribution in [-0.4, -0.2) is 58.2 Å². The Hall–Kier alpha value is -4.10. The van der Waals surface area contributed by atoms with E-state index in [4.69, 9.17) is 21.1 Å². The lowest BCUT2D eigenvalue weighted by molar-refractivity contribution is -0.386. The summed E-state index contributed by atoms with van der Waals surface area (Å²) in [7, 11) is 1.20. The molecule has 1 heterocycles. The van der Waals surface area contributed by atoms with Crippen LogP contribution in [0, 0.1) is 10.1 Å². The molecular formula is C23H20ClN3O9S. The number of ether oxygens (including phenoxy) is 2. The number of hydrogen-bond donors (Lipinski definition) is 2. The highest BCUT2D eigenvalue weighted by Gasteiger charge is 2.36. The Kier molecular flexibility index (Phi) is 8.73. The first kappa shape index (κ1) is 27.5. The summed E-state index contributed by atoms with van der Waals surface area (Å²) < 4.78 is 9.98. The van der Waals surface area contributed by atoms with Gasteiger partial charge >= 0.3 is 11.7 Å². The number of amides is 3. The number of hydrogen-bond acceptors (Lipinski definition) is 10. The molecule has 37 heavy (non-hydrogen) atoms. The number of carbonyl (C=O) groups is 4. The standard InChI is InChI=1S/C23H20ClN3O9S/c1-3-6-36-22(31)14-10-13(4-5-15(14)24)25-19(28)11-26-21(30)18(37-23(26)32)9-12-7-16(27(33)34)20(29)17(8-12)35-2/h4-5,7-10,29H,3,6,11H2,1-2H3,(H,25,28)/b18-9+. The number of aromatic hydroxyl groups is 1. The number of methoxy groups -OCH3 is 1. The zero-order chi connectivity index (χ0) is 27.3. The van der Waals surface area contributed by atoms with Crippen LogP contribution in [0.5, 0.6) is 11.5 Å². The normalized spacial score (nSPS) is 14.1. The molecule has 12 nitrogen and oxygen atoms in total. The van der Waals surface area contributed by atoms with Gasteiger partial charge in [-0.2, -0.15) is 0 Å². The van der Waals surface area contributed by atoms with Crippen LogP contribution in [0.4, 0.5) is 16.2 Å². The van der Waals surface area contributed by atoms with Crippen LogP contribution in [0.15, 0.2) is 35.2 Å². The quantitative estimate of drug-likeness (QED) is 0.200. The molecule has 0 radical (unpaired) electrons. The van der Waals surface area contributed by atoms with Gasteiger partial charge in [0.25, 0.3) is 11.1 Å². The number of phenolic OH excluding ortho intramolecular Hbond substituents is 1. The first-order chi connectivity index (χ1) is 17.5. The molecule has 0 bridgehead atoms. The fraction of sp³-hybridized carbons (Fsp3) is 0.217. The second kappa shape index (κ2) is 11.8. The van der Waals surface area contributed by atoms with Crippen molar-refractivity contribution in [2.75, 3.05) is 25.6 Å². The molecule has 1 saturated heterocycles. The van der Waals surface area contributed by atoms with E-state index >= 15 is 0 Å². The van der Waals surface area contributed by atoms with E-state index in [1.165, 1.54) is 37.5 Å². The number of anilines is 1. The molecule has 1 aliphatic heterocycles. The molecule has 2 N–H and O–H groups in total. The SMILES string of the molecule is CCCOC(=O)c1cc(NC(=O)CN2C(=O)S/C(=C/c3cc(OC)c(O)c([N+](=O)[O-])c3)C2=O)ccc1Cl. The minimum absolute atomic E-state index is 0.0421. The topological polar surface area (TPSA) is 165 Å². The lowest BCUT2D eigenvalue weighted by atomic mass is 10.1. The molecule has 194 valence electrons. The number of imide groups is 1. The predicted molar refractivity (Wildman–Crippen MR) is 135 cm³/mol. The van der Waals surface area contributed by atoms with Gasteiger partial charge in [-0.1, -0.05) is 18.5 Å². The van der Waals surface area contributed by atoms with E-state index in [9.17, 15) is 34.4 Å². The predicted octanol–water partition coefficient (Wildman–Crippen LogP) is 4.20. The van der Waals surface area contributed by atoms with Gasteiger partial charge < -0.3 is 19.9 Å². The summed E-state index contributed by atoms with van der Waals surface area (Å²) in [5.41, 5.74) is -0.283. The van der Waals surface area contributed by atoms with Gasteiger partial charge in [-0.25, -0.2) is 4.79 Å². The van der Waals surface area contributed by atoms with E-state index in [1.807, 2.05) is 6.92 Å². The van der Waals surface area contributed by atoms with Crippen molar-refractivity contribution in [1.29, 1.82) is 0 Å². The Balaban J connectivity index is 1.75. The third-order valence-corrected chi connectivity index (χ3v) is 6.11. The fourth-order valence-corrected chi connectivity index (χ4v) is 4.19. The zero-order valence-corrected chi connectivity index (χ0v) is 21.1. The van der Waals surface area contributed by atoms with E-state index in [0.717, 1.165) is 6.07 Å². The van der Waals surface area contributed by atoms with E-state index in [2.05, 4.69) is 5.32 Å². The summed E-state index contributed by atoms with van der Waals surface area (Å²) in [6.07, 6.45) is 1.83. The molecule has 1 fully saturated rings. The molecule has 3 rings (SSSR count). The summed E-state index contributed by atoms with van der Waals surface area (Å²) in [6.45, 7) is 1.40. The summed E-state index contributed by atoms with van der Waals surface area (Å²) in [6, 6.07) is 6.43. The minimum Gasteiger partial charge on any atom is -0.500 e. The van der Waals surface area contributed by atoms with Crippen LogP contribution in [0.1, 0.15) is 29.3 Å². The average molecular weight is 550 g/mol. The van der Waals surface area contributed by atoms with Gasteiger partial charge in [0.05, 0.1) is 34.1 Å². The smallest absolute Gasteiger partial charge is 0.339 e. The molecule has 0 saturated carbocycles. The lowest BCUT2D eigenvalue weighted by Gasteiger charge is -2.13. The molecule has 2 aromatic carbocycles. The van der Waals surface area contributed by atoms with E-state index in [0.29, 0.717) is 23.1 Å². The van der Waals surface area contributed by atoms with Crippen molar-refractivity contribution in [3.63, 3.8) is 0 Å². The highest BCUT2D eigenvalue weighted by molar-refractivity contribution is 8.18. The van der Waals surface area contributed by atoms with Crippen LogP contribution in [0.2, 0.25) is 5.02 Å². The molecule has 3 amide bonds. The molecule has 0 aliphatic carbocycles. The number of nitro groups is 1. The molecule has 0 spiro atoms. The molecule has 2 aromatic rings. The number of nitrogens with zero attached hydrogens (tertiary/aromatic N) is 2. The maximum atomic E-state index is 12.8. The van der Waals surface area contributed by atoms with Crippen molar-refractivity contribution in [2.24, 2.45) is 0 Å². The van der Waals surface area contributed by atoms with Crippen LogP contribution < -0.4 is 10.1 Å². The first-order valence-corrected chi connectivity index (χ1v) is 11.8. The van der Waals surface area contributed by atoms with Crippen LogP contribution in [0.3, 0.4) is 0 Å². The number of phenols is 1. The summed E-state index contributed by atoms with van der Waals surface area (Å²) >= 11 is 6.58. The number of benzene rings is 2. The van der Waals surface area contributed by atoms with Crippen molar-refractivity contribution in [2.45, 2.75) is 13.3 Å². The largest absolute Gasteiger partial charge is 0.500 e. The molecule has 0 atom stereocenters. The van der Waals surface area contributed by atoms with Crippen LogP contribution in [0.25, 0.3) is 6.08 Å². The van der Waals surface area contributed by atoms with Gasteiger partial charge in [-0.3, -0.25) is 29.4 Å². The first-order valence-electron chi connectivity index (χ1n) is 10.6. The van der Waals surface area contributed by atoms with Gasteiger partial charge in [0.2, 0.25) is 11.7 Å². The van der Waals surface area contributed by atoms with Gasteiger partial charge in [0.15, 0.2) is 5.75 Å². The Morgan fingerprint density at radius 3 is 2.65 bits per heavy atom. The van der Waals surface area contributed by atoms with Crippen molar-refractivity contribution in [3.05, 3.63) is 61.5 Å². The monoisotopic (exact) mass is 549 g/mol. The number of esters is 1. The molecule has 0 unspecified atom stereocenters. The van der Waals surface area contributed by atoms with Crippen LogP contribution in [-0.2, 0) is 14.3 Å². The van der Waals surface area contributed by atoms with Crippen molar-refractivity contribution < 1.29 is 38.7 Å². The maximum absolute atomic E-state index is 12.8. The second-order valence-electron chi connectivity index (χ2n) is 7.49. The molecule has 14 heteroatoms. The maximum Gasteiger partial charge on any atom is 0.339 e. The third-order valence-electron chi connectivity index (χ3n) is 4.87. The summed E-state index contributed by atoms with van der Waals surface area (Å²) in [5, 5.41) is 23.0. The van der Waals surface area contributed by atoms with Crippen molar-refractivity contribution in [1.82, 2.24) is 4.90 Å². The molecular weight excluding hydrogens is 530 g/mol. The Bertz CT molecular complexity index is 1330. The number of nitro benzene ring substituents is 1. The van der Waals surface area contributed by atoms with E-state index in [1.54, 1.807) is 0 Å². The van der Waals surface area contributed by atoms with Gasteiger partial charge in [-0.05, 0) is 54.1 Å². The van der Waals surface area contributed by atoms with E-state index in [-0.39, 0.29) is 39.1 Å².